The lowest BCUT2D eigenvalue weighted by molar-refractivity contribution is 0.332. The Labute approximate surface area is 103 Å². The summed E-state index contributed by atoms with van der Waals surface area (Å²) in [6.07, 6.45) is -11.1. The number of hydrogen-bond acceptors (Lipinski definition) is 0. The van der Waals surface area contributed by atoms with Gasteiger partial charge in [0.2, 0.25) is 0 Å². The Morgan fingerprint density at radius 2 is 2.21 bits per heavy atom. The van der Waals surface area contributed by atoms with Crippen LogP contribution < -0.4 is 0 Å². The molecule has 0 heterocycles. The van der Waals surface area contributed by atoms with Gasteiger partial charge >= 0.3 is 0 Å². The van der Waals surface area contributed by atoms with Crippen LogP contribution in [0.3, 0.4) is 0 Å². The Morgan fingerprint density at radius 3 is 3.21 bits per heavy atom. The molecule has 2 atom stereocenters. The molecule has 1 fully saturated rings. The van der Waals surface area contributed by atoms with Crippen LogP contribution in [0.5, 0.6) is 0 Å². The molecule has 0 radical (unpaired) electrons. The first-order valence-corrected chi connectivity index (χ1v) is 4.54. The predicted molar refractivity (Wildman–Crippen MR) is 60.0 cm³/mol. The van der Waals surface area contributed by atoms with Gasteiger partial charge in [-0.25, -0.2) is 0 Å². The third-order valence-corrected chi connectivity index (χ3v) is 2.38. The third kappa shape index (κ3) is 1.28. The van der Waals surface area contributed by atoms with Gasteiger partial charge in [-0.3, -0.25) is 0 Å². The Hall–Kier alpha value is -0.780. The van der Waals surface area contributed by atoms with Crippen molar-refractivity contribution in [1.29, 1.82) is 0 Å². The number of hydrogen-bond donors (Lipinski definition) is 0. The maximum atomic E-state index is 8.85. The molecule has 0 saturated heterocycles. The Kier molecular flexibility index (Phi) is 0.650. The highest BCUT2D eigenvalue weighted by atomic mass is 14.4. The normalized spacial score (nSPS) is 76.6. The minimum absolute atomic E-state index is 0.0644. The molecule has 3 aliphatic carbocycles. The standard InChI is InChI=1S/C14H18/c1-3-7-13-11(5-1)9-10-12-6-2-4-8-14(12)13/h1,5,9-10,13-14H,2-4,6-8H2/i2D2,4D2,6D2,7D2,8D2,13D,14D. The molecule has 0 bridgehead atoms. The van der Waals surface area contributed by atoms with E-state index < -0.39 is 49.2 Å². The molecule has 0 aromatic rings. The molecule has 0 aromatic heterocycles. The summed E-state index contributed by atoms with van der Waals surface area (Å²) in [5.74, 6) is -5.67. The van der Waals surface area contributed by atoms with Crippen molar-refractivity contribution in [1.82, 2.24) is 0 Å². The van der Waals surface area contributed by atoms with Crippen LogP contribution in [0.2, 0.25) is 0 Å². The van der Waals surface area contributed by atoms with Gasteiger partial charge < -0.3 is 0 Å². The summed E-state index contributed by atoms with van der Waals surface area (Å²) in [4.78, 5) is 0. The highest BCUT2D eigenvalue weighted by Gasteiger charge is 2.31. The minimum atomic E-state index is -3.49. The summed E-state index contributed by atoms with van der Waals surface area (Å²) in [5.41, 5.74) is -0.821. The second kappa shape index (κ2) is 3.42. The lowest BCUT2D eigenvalue weighted by atomic mass is 9.68. The van der Waals surface area contributed by atoms with Crippen molar-refractivity contribution in [3.8, 4) is 0 Å². The minimum Gasteiger partial charge on any atom is -0.0842 e. The second-order valence-electron chi connectivity index (χ2n) is 3.24. The fraction of sp³-hybridized carbons (Fsp3) is 0.571. The van der Waals surface area contributed by atoms with Gasteiger partial charge in [-0.1, -0.05) is 36.3 Å². The zero-order valence-electron chi connectivity index (χ0n) is 19.5. The van der Waals surface area contributed by atoms with Crippen molar-refractivity contribution in [2.75, 3.05) is 0 Å². The van der Waals surface area contributed by atoms with Gasteiger partial charge in [0.25, 0.3) is 0 Å². The highest BCUT2D eigenvalue weighted by molar-refractivity contribution is 5.37. The molecule has 2 unspecified atom stereocenters. The molecule has 3 aliphatic rings. The summed E-state index contributed by atoms with van der Waals surface area (Å²) in [6.45, 7) is 0. The zero-order valence-corrected chi connectivity index (χ0v) is 7.52. The summed E-state index contributed by atoms with van der Waals surface area (Å²) in [7, 11) is 0. The molecule has 74 valence electrons. The zero-order chi connectivity index (χ0) is 20.2. The van der Waals surface area contributed by atoms with Crippen LogP contribution in [0.25, 0.3) is 0 Å². The Morgan fingerprint density at radius 1 is 1.21 bits per heavy atom. The molecule has 0 aliphatic heterocycles. The first-order valence-electron chi connectivity index (χ1n) is 10.5. The van der Waals surface area contributed by atoms with Gasteiger partial charge in [-0.15, -0.1) is 0 Å². The van der Waals surface area contributed by atoms with E-state index in [1.807, 2.05) is 0 Å². The topological polar surface area (TPSA) is 0 Å². The third-order valence-electron chi connectivity index (χ3n) is 2.38. The quantitative estimate of drug-likeness (QED) is 0.552. The van der Waals surface area contributed by atoms with Gasteiger partial charge in [-0.2, -0.15) is 0 Å². The van der Waals surface area contributed by atoms with Crippen LogP contribution in [0, 0.1) is 11.8 Å². The SMILES string of the molecule is [2H]C1([2H])CC=CC2=CC=C3C([2H])([2H])C([2H])([2H])C([2H])([2H])C([2H])([2H])C3([2H])C21[2H]. The average Bonchev–Trinajstić information content (AvgIpc) is 2.48. The van der Waals surface area contributed by atoms with Crippen molar-refractivity contribution in [2.24, 2.45) is 11.8 Å². The van der Waals surface area contributed by atoms with E-state index in [-0.39, 0.29) is 12.0 Å². The van der Waals surface area contributed by atoms with E-state index in [1.54, 1.807) is 0 Å². The summed E-state index contributed by atoms with van der Waals surface area (Å²) < 4.78 is 99.2. The molecular weight excluding hydrogens is 168 g/mol. The van der Waals surface area contributed by atoms with E-state index >= 15 is 0 Å². The van der Waals surface area contributed by atoms with E-state index in [9.17, 15) is 0 Å². The fourth-order valence-corrected chi connectivity index (χ4v) is 1.72. The number of rotatable bonds is 0. The molecule has 0 aromatic carbocycles. The average molecular weight is 198 g/mol. The van der Waals surface area contributed by atoms with Crippen molar-refractivity contribution in [2.45, 2.75) is 38.3 Å². The van der Waals surface area contributed by atoms with E-state index in [0.717, 1.165) is 6.08 Å². The lowest BCUT2D eigenvalue weighted by Gasteiger charge is -2.37. The van der Waals surface area contributed by atoms with Crippen LogP contribution in [0.1, 0.15) is 54.7 Å². The van der Waals surface area contributed by atoms with Gasteiger partial charge in [0, 0.05) is 16.4 Å². The van der Waals surface area contributed by atoms with Crippen molar-refractivity contribution in [3.63, 3.8) is 0 Å². The first kappa shape index (κ1) is 2.66. The van der Waals surface area contributed by atoms with Crippen LogP contribution in [-0.4, -0.2) is 0 Å². The van der Waals surface area contributed by atoms with E-state index in [4.69, 9.17) is 16.4 Å². The highest BCUT2D eigenvalue weighted by Crippen LogP contribution is 2.44. The van der Waals surface area contributed by atoms with Gasteiger partial charge in [0.05, 0.1) is 0 Å². The van der Waals surface area contributed by atoms with Crippen LogP contribution in [0.15, 0.2) is 35.5 Å². The summed E-state index contributed by atoms with van der Waals surface area (Å²) in [6, 6.07) is 0. The molecule has 0 spiro atoms. The summed E-state index contributed by atoms with van der Waals surface area (Å²) >= 11 is 0. The fourth-order valence-electron chi connectivity index (χ4n) is 1.72. The molecule has 0 amide bonds. The maximum absolute atomic E-state index is 8.85. The largest absolute Gasteiger partial charge is 0.0842 e. The van der Waals surface area contributed by atoms with Crippen molar-refractivity contribution < 1.29 is 16.4 Å². The molecule has 14 heavy (non-hydrogen) atoms. The first-order chi connectivity index (χ1) is 11.4. The van der Waals surface area contributed by atoms with E-state index in [0.29, 0.717) is 0 Å². The van der Waals surface area contributed by atoms with Crippen molar-refractivity contribution >= 4 is 0 Å². The lowest BCUT2D eigenvalue weighted by Crippen LogP contribution is -2.25. The van der Waals surface area contributed by atoms with Crippen LogP contribution in [0.4, 0.5) is 0 Å². The van der Waals surface area contributed by atoms with E-state index in [2.05, 4.69) is 0 Å². The Bertz CT molecular complexity index is 758. The molecule has 1 saturated carbocycles. The molecule has 0 N–H and O–H groups in total. The predicted octanol–water partition coefficient (Wildman–Crippen LogP) is 4.01. The van der Waals surface area contributed by atoms with Crippen LogP contribution in [-0.2, 0) is 0 Å². The van der Waals surface area contributed by atoms with Crippen LogP contribution >= 0.6 is 0 Å². The monoisotopic (exact) mass is 198 g/mol. The maximum Gasteiger partial charge on any atom is 0.0359 e. The number of fused-ring (bicyclic) bond motifs is 3. The van der Waals surface area contributed by atoms with E-state index in [1.165, 1.54) is 18.2 Å². The van der Waals surface area contributed by atoms with Crippen molar-refractivity contribution in [3.05, 3.63) is 35.5 Å². The molecule has 3 rings (SSSR count). The second-order valence-corrected chi connectivity index (χ2v) is 3.24. The smallest absolute Gasteiger partial charge is 0.0359 e. The molecule has 0 nitrogen and oxygen atoms in total. The summed E-state index contributed by atoms with van der Waals surface area (Å²) in [5, 5.41) is 0. The van der Waals surface area contributed by atoms with Gasteiger partial charge in [0.1, 0.15) is 0 Å². The number of allylic oxidation sites excluding steroid dienone is 6. The Balaban J connectivity index is 2.48. The van der Waals surface area contributed by atoms with Gasteiger partial charge in [-0.05, 0) is 49.3 Å². The molecule has 0 heteroatoms. The molecular formula is C14H18. The van der Waals surface area contributed by atoms with Gasteiger partial charge in [0.15, 0.2) is 0 Å².